The highest BCUT2D eigenvalue weighted by atomic mass is 32.2. The molecule has 2 atom stereocenters. The second-order valence-electron chi connectivity index (χ2n) is 3.64. The van der Waals surface area contributed by atoms with Gasteiger partial charge in [0.15, 0.2) is 17.5 Å². The molecule has 5 nitrogen and oxygen atoms in total. The van der Waals surface area contributed by atoms with Crippen LogP contribution in [-0.2, 0) is 4.79 Å². The Morgan fingerprint density at radius 3 is 2.88 bits per heavy atom. The first-order valence-electron chi connectivity index (χ1n) is 5.19. The molecular weight excluding hydrogens is 242 g/mol. The van der Waals surface area contributed by atoms with E-state index in [1.807, 2.05) is 0 Å². The fourth-order valence-electron chi connectivity index (χ4n) is 1.35. The first-order valence-corrected chi connectivity index (χ1v) is 6.17. The number of aliphatic hydroxyl groups excluding tert-OH is 2. The van der Waals surface area contributed by atoms with Gasteiger partial charge in [-0.25, -0.2) is 0 Å². The Morgan fingerprint density at radius 2 is 2.29 bits per heavy atom. The molecule has 0 saturated heterocycles. The summed E-state index contributed by atoms with van der Waals surface area (Å²) in [4.78, 5) is 10.7. The van der Waals surface area contributed by atoms with Crippen LogP contribution in [0.1, 0.15) is 25.0 Å². The maximum atomic E-state index is 11.0. The highest BCUT2D eigenvalue weighted by molar-refractivity contribution is 8.13. The number of carbonyl (C=O) groups is 1. The van der Waals surface area contributed by atoms with Crippen LogP contribution in [0, 0.1) is 5.21 Å². The summed E-state index contributed by atoms with van der Waals surface area (Å²) < 4.78 is 0.565. The molecule has 0 bridgehead atoms. The molecule has 17 heavy (non-hydrogen) atoms. The molecule has 6 heteroatoms. The smallest absolute Gasteiger partial charge is 0.186 e. The van der Waals surface area contributed by atoms with Crippen molar-refractivity contribution < 1.29 is 19.7 Å². The third-order valence-corrected chi connectivity index (χ3v) is 3.07. The minimum Gasteiger partial charge on any atom is -0.619 e. The SMILES string of the molecule is CC(=O)SCCC(O)C(O)c1ccc[n+]([O-])c1. The van der Waals surface area contributed by atoms with Gasteiger partial charge < -0.3 is 15.4 Å². The fraction of sp³-hybridized carbons (Fsp3) is 0.455. The van der Waals surface area contributed by atoms with E-state index in [-0.39, 0.29) is 5.12 Å². The van der Waals surface area contributed by atoms with Gasteiger partial charge in [-0.05, 0) is 12.5 Å². The lowest BCUT2D eigenvalue weighted by molar-refractivity contribution is -0.606. The number of aliphatic hydroxyl groups is 2. The average molecular weight is 257 g/mol. The predicted octanol–water partition coefficient (Wildman–Crippen LogP) is 0.384. The van der Waals surface area contributed by atoms with Gasteiger partial charge in [-0.2, -0.15) is 4.73 Å². The van der Waals surface area contributed by atoms with Gasteiger partial charge in [0.1, 0.15) is 6.10 Å². The van der Waals surface area contributed by atoms with E-state index in [9.17, 15) is 20.2 Å². The van der Waals surface area contributed by atoms with Crippen molar-refractivity contribution in [1.82, 2.24) is 0 Å². The Hall–Kier alpha value is -1.11. The molecule has 2 N–H and O–H groups in total. The van der Waals surface area contributed by atoms with Crippen LogP contribution in [0.4, 0.5) is 0 Å². The van der Waals surface area contributed by atoms with Crippen LogP contribution in [0.5, 0.6) is 0 Å². The molecule has 0 aromatic carbocycles. The number of pyridine rings is 1. The van der Waals surface area contributed by atoms with Gasteiger partial charge in [0.25, 0.3) is 0 Å². The fourth-order valence-corrected chi connectivity index (χ4v) is 2.00. The van der Waals surface area contributed by atoms with Crippen molar-refractivity contribution in [2.75, 3.05) is 5.75 Å². The molecule has 0 amide bonds. The van der Waals surface area contributed by atoms with Gasteiger partial charge in [-0.1, -0.05) is 11.8 Å². The van der Waals surface area contributed by atoms with Crippen molar-refractivity contribution in [3.05, 3.63) is 35.3 Å². The zero-order chi connectivity index (χ0) is 12.8. The maximum absolute atomic E-state index is 11.0. The Bertz CT molecular complexity index is 385. The topological polar surface area (TPSA) is 84.5 Å². The Balaban J connectivity index is 2.51. The van der Waals surface area contributed by atoms with E-state index in [1.165, 1.54) is 25.4 Å². The van der Waals surface area contributed by atoms with Gasteiger partial charge >= 0.3 is 0 Å². The lowest BCUT2D eigenvalue weighted by Gasteiger charge is -2.16. The van der Waals surface area contributed by atoms with E-state index in [0.717, 1.165) is 11.8 Å². The summed E-state index contributed by atoms with van der Waals surface area (Å²) in [5.74, 6) is 0.442. The molecular formula is C11H15NO4S. The first kappa shape index (κ1) is 14.0. The second-order valence-corrected chi connectivity index (χ2v) is 4.91. The third-order valence-electron chi connectivity index (χ3n) is 2.22. The van der Waals surface area contributed by atoms with Crippen molar-refractivity contribution in [1.29, 1.82) is 0 Å². The van der Waals surface area contributed by atoms with Gasteiger partial charge in [-0.15, -0.1) is 0 Å². The predicted molar refractivity (Wildman–Crippen MR) is 64.1 cm³/mol. The molecule has 0 saturated carbocycles. The van der Waals surface area contributed by atoms with Crippen molar-refractivity contribution >= 4 is 16.9 Å². The van der Waals surface area contributed by atoms with Crippen LogP contribution in [0.25, 0.3) is 0 Å². The van der Waals surface area contributed by atoms with Crippen LogP contribution < -0.4 is 4.73 Å². The van der Waals surface area contributed by atoms with Crippen LogP contribution >= 0.6 is 11.8 Å². The van der Waals surface area contributed by atoms with E-state index in [1.54, 1.807) is 6.07 Å². The van der Waals surface area contributed by atoms with Crippen LogP contribution in [0.2, 0.25) is 0 Å². The van der Waals surface area contributed by atoms with Crippen molar-refractivity contribution in [2.24, 2.45) is 0 Å². The van der Waals surface area contributed by atoms with Crippen molar-refractivity contribution in [3.63, 3.8) is 0 Å². The molecule has 2 unspecified atom stereocenters. The number of aromatic nitrogens is 1. The molecule has 0 fully saturated rings. The van der Waals surface area contributed by atoms with E-state index < -0.39 is 12.2 Å². The van der Waals surface area contributed by atoms with Crippen molar-refractivity contribution in [3.8, 4) is 0 Å². The average Bonchev–Trinajstić information content (AvgIpc) is 2.27. The van der Waals surface area contributed by atoms with Crippen LogP contribution in [0.15, 0.2) is 24.5 Å². The monoisotopic (exact) mass is 257 g/mol. The molecule has 0 aliphatic heterocycles. The molecule has 94 valence electrons. The van der Waals surface area contributed by atoms with Crippen LogP contribution in [0.3, 0.4) is 0 Å². The van der Waals surface area contributed by atoms with E-state index in [0.29, 0.717) is 22.5 Å². The largest absolute Gasteiger partial charge is 0.619 e. The summed E-state index contributed by atoms with van der Waals surface area (Å²) >= 11 is 1.10. The first-order chi connectivity index (χ1) is 8.00. The molecule has 0 radical (unpaired) electrons. The Kier molecular flexibility index (Phi) is 5.40. The molecule has 1 heterocycles. The number of rotatable bonds is 5. The number of thioether (sulfide) groups is 1. The highest BCUT2D eigenvalue weighted by Crippen LogP contribution is 2.19. The maximum Gasteiger partial charge on any atom is 0.186 e. The molecule has 1 aromatic rings. The van der Waals surface area contributed by atoms with Crippen LogP contribution in [-0.4, -0.2) is 27.2 Å². The minimum atomic E-state index is -1.11. The molecule has 0 aliphatic carbocycles. The lowest BCUT2D eigenvalue weighted by Crippen LogP contribution is -2.28. The standard InChI is InChI=1S/C11H15NO4S/c1-8(13)17-6-4-10(14)11(15)9-3-2-5-12(16)7-9/h2-3,5,7,10-11,14-15H,4,6H2,1H3. The third kappa shape index (κ3) is 4.72. The zero-order valence-corrected chi connectivity index (χ0v) is 10.3. The summed E-state index contributed by atoms with van der Waals surface area (Å²) in [6.07, 6.45) is 0.715. The Labute approximate surface area is 104 Å². The van der Waals surface area contributed by atoms with Gasteiger partial charge in [0.05, 0.1) is 6.10 Å². The normalized spacial score (nSPS) is 14.3. The number of carbonyl (C=O) groups excluding carboxylic acids is 1. The van der Waals surface area contributed by atoms with E-state index >= 15 is 0 Å². The lowest BCUT2D eigenvalue weighted by atomic mass is 10.1. The quantitative estimate of drug-likeness (QED) is 0.588. The summed E-state index contributed by atoms with van der Waals surface area (Å²) in [6, 6.07) is 3.07. The highest BCUT2D eigenvalue weighted by Gasteiger charge is 2.20. The minimum absolute atomic E-state index is 0.0243. The number of hydrogen-bond acceptors (Lipinski definition) is 5. The summed E-state index contributed by atoms with van der Waals surface area (Å²) in [6.45, 7) is 1.45. The summed E-state index contributed by atoms with van der Waals surface area (Å²) in [7, 11) is 0. The molecule has 0 aliphatic rings. The Morgan fingerprint density at radius 1 is 1.59 bits per heavy atom. The second kappa shape index (κ2) is 6.58. The van der Waals surface area contributed by atoms with Gasteiger partial charge in [0.2, 0.25) is 0 Å². The summed E-state index contributed by atoms with van der Waals surface area (Å²) in [5.41, 5.74) is 0.364. The molecule has 0 spiro atoms. The number of nitrogens with zero attached hydrogens (tertiary/aromatic N) is 1. The van der Waals surface area contributed by atoms with E-state index in [2.05, 4.69) is 0 Å². The number of hydrogen-bond donors (Lipinski definition) is 2. The zero-order valence-electron chi connectivity index (χ0n) is 9.44. The van der Waals surface area contributed by atoms with Crippen molar-refractivity contribution in [2.45, 2.75) is 25.6 Å². The van der Waals surface area contributed by atoms with E-state index in [4.69, 9.17) is 0 Å². The van der Waals surface area contributed by atoms with Gasteiger partial charge in [-0.3, -0.25) is 4.79 Å². The summed E-state index contributed by atoms with van der Waals surface area (Å²) in [5, 5.41) is 30.4. The van der Waals surface area contributed by atoms with Gasteiger partial charge in [0, 0.05) is 24.3 Å². The molecule has 1 rings (SSSR count). The molecule has 1 aromatic heterocycles.